The highest BCUT2D eigenvalue weighted by Gasteiger charge is 2.39. The Morgan fingerprint density at radius 3 is 2.42 bits per heavy atom. The average molecular weight is 283 g/mol. The van der Waals surface area contributed by atoms with Gasteiger partial charge in [0.2, 0.25) is 10.0 Å². The average Bonchev–Trinajstić information content (AvgIpc) is 2.36. The number of benzene rings is 1. The highest BCUT2D eigenvalue weighted by atomic mass is 32.2. The maximum Gasteiger partial charge on any atom is 0.322 e. The molecule has 1 aliphatic rings. The van der Waals surface area contributed by atoms with E-state index in [2.05, 4.69) is 0 Å². The zero-order valence-corrected chi connectivity index (χ0v) is 11.7. The molecule has 1 aromatic rings. The minimum absolute atomic E-state index is 0.133. The number of aliphatic carboxylic acids is 1. The van der Waals surface area contributed by atoms with Gasteiger partial charge in [-0.15, -0.1) is 0 Å². The second-order valence-electron chi connectivity index (χ2n) is 4.97. The van der Waals surface area contributed by atoms with Gasteiger partial charge in [0.25, 0.3) is 0 Å². The van der Waals surface area contributed by atoms with Crippen LogP contribution in [0.5, 0.6) is 0 Å². The van der Waals surface area contributed by atoms with Gasteiger partial charge in [0.1, 0.15) is 6.04 Å². The highest BCUT2D eigenvalue weighted by Crippen LogP contribution is 2.27. The molecular weight excluding hydrogens is 266 g/mol. The summed E-state index contributed by atoms with van der Waals surface area (Å²) in [6.07, 6.45) is 0.220. The van der Waals surface area contributed by atoms with E-state index in [1.165, 1.54) is 0 Å². The van der Waals surface area contributed by atoms with Gasteiger partial charge in [-0.3, -0.25) is 4.79 Å². The Bertz CT molecular complexity index is 594. The van der Waals surface area contributed by atoms with Crippen LogP contribution in [0.1, 0.15) is 25.0 Å². The number of hydrogen-bond donors (Lipinski definition) is 1. The molecule has 0 saturated carbocycles. The summed E-state index contributed by atoms with van der Waals surface area (Å²) in [5.41, 5.74) is 1.79. The van der Waals surface area contributed by atoms with Crippen LogP contribution in [-0.2, 0) is 27.8 Å². The third-order valence-corrected chi connectivity index (χ3v) is 5.64. The lowest BCUT2D eigenvalue weighted by Gasteiger charge is -2.34. The zero-order valence-electron chi connectivity index (χ0n) is 10.9. The van der Waals surface area contributed by atoms with Crippen molar-refractivity contribution in [2.75, 3.05) is 0 Å². The van der Waals surface area contributed by atoms with Crippen molar-refractivity contribution in [3.8, 4) is 0 Å². The minimum Gasteiger partial charge on any atom is -0.480 e. The molecule has 5 nitrogen and oxygen atoms in total. The van der Waals surface area contributed by atoms with Gasteiger partial charge in [0.05, 0.1) is 5.25 Å². The van der Waals surface area contributed by atoms with Crippen LogP contribution in [0.25, 0.3) is 0 Å². The van der Waals surface area contributed by atoms with Crippen LogP contribution in [0.4, 0.5) is 0 Å². The molecule has 0 fully saturated rings. The molecule has 0 amide bonds. The lowest BCUT2D eigenvalue weighted by molar-refractivity contribution is -0.141. The Morgan fingerprint density at radius 1 is 1.32 bits per heavy atom. The molecule has 0 bridgehead atoms. The van der Waals surface area contributed by atoms with Crippen LogP contribution in [0.3, 0.4) is 0 Å². The van der Waals surface area contributed by atoms with Crippen molar-refractivity contribution >= 4 is 16.0 Å². The highest BCUT2D eigenvalue weighted by molar-refractivity contribution is 7.89. The fourth-order valence-electron chi connectivity index (χ4n) is 2.25. The normalized spacial score (nSPS) is 20.3. The molecule has 1 atom stereocenters. The number of carboxylic acid groups (broad SMARTS) is 1. The van der Waals surface area contributed by atoms with E-state index >= 15 is 0 Å². The maximum atomic E-state index is 12.3. The molecule has 1 aliphatic heterocycles. The Hall–Kier alpha value is -1.40. The van der Waals surface area contributed by atoms with Crippen molar-refractivity contribution in [1.29, 1.82) is 0 Å². The number of carbonyl (C=O) groups is 1. The third-order valence-electron chi connectivity index (χ3n) is 3.41. The van der Waals surface area contributed by atoms with Crippen LogP contribution < -0.4 is 0 Å². The molecule has 0 unspecified atom stereocenters. The molecule has 0 spiro atoms. The number of fused-ring (bicyclic) bond motifs is 1. The first-order chi connectivity index (χ1) is 8.84. The molecule has 19 heavy (non-hydrogen) atoms. The molecule has 6 heteroatoms. The largest absolute Gasteiger partial charge is 0.480 e. The molecule has 0 aromatic heterocycles. The number of sulfonamides is 1. The van der Waals surface area contributed by atoms with Gasteiger partial charge in [-0.2, -0.15) is 4.31 Å². The van der Waals surface area contributed by atoms with Gasteiger partial charge < -0.3 is 5.11 Å². The van der Waals surface area contributed by atoms with Crippen molar-refractivity contribution in [3.05, 3.63) is 35.4 Å². The molecular formula is C13H17NO4S. The van der Waals surface area contributed by atoms with E-state index < -0.39 is 27.3 Å². The van der Waals surface area contributed by atoms with Gasteiger partial charge in [0, 0.05) is 13.0 Å². The maximum absolute atomic E-state index is 12.3. The van der Waals surface area contributed by atoms with Crippen LogP contribution in [0.2, 0.25) is 0 Å². The molecule has 0 radical (unpaired) electrons. The first-order valence-corrected chi connectivity index (χ1v) is 7.64. The van der Waals surface area contributed by atoms with E-state index in [9.17, 15) is 18.3 Å². The van der Waals surface area contributed by atoms with Gasteiger partial charge in [-0.1, -0.05) is 24.3 Å². The molecule has 104 valence electrons. The second kappa shape index (κ2) is 4.94. The van der Waals surface area contributed by atoms with Crippen LogP contribution in [-0.4, -0.2) is 35.1 Å². The van der Waals surface area contributed by atoms with Crippen molar-refractivity contribution < 1.29 is 18.3 Å². The molecule has 1 aromatic carbocycles. The molecule has 2 rings (SSSR count). The van der Waals surface area contributed by atoms with Crippen molar-refractivity contribution in [2.24, 2.45) is 0 Å². The fourth-order valence-corrected chi connectivity index (χ4v) is 3.63. The van der Waals surface area contributed by atoms with Crippen LogP contribution in [0, 0.1) is 0 Å². The topological polar surface area (TPSA) is 74.7 Å². The minimum atomic E-state index is -3.58. The summed E-state index contributed by atoms with van der Waals surface area (Å²) in [6, 6.07) is 6.35. The summed E-state index contributed by atoms with van der Waals surface area (Å²) in [5, 5.41) is 8.65. The van der Waals surface area contributed by atoms with Crippen molar-refractivity contribution in [2.45, 2.75) is 38.1 Å². The lowest BCUT2D eigenvalue weighted by Crippen LogP contribution is -2.50. The van der Waals surface area contributed by atoms with Gasteiger partial charge in [0.15, 0.2) is 0 Å². The summed E-state index contributed by atoms with van der Waals surface area (Å²) in [4.78, 5) is 11.3. The predicted molar refractivity (Wildman–Crippen MR) is 71.2 cm³/mol. The number of nitrogens with zero attached hydrogens (tertiary/aromatic N) is 1. The van der Waals surface area contributed by atoms with Crippen molar-refractivity contribution in [1.82, 2.24) is 4.31 Å². The quantitative estimate of drug-likeness (QED) is 0.905. The van der Waals surface area contributed by atoms with Crippen LogP contribution in [0.15, 0.2) is 24.3 Å². The van der Waals surface area contributed by atoms with Crippen LogP contribution >= 0.6 is 0 Å². The monoisotopic (exact) mass is 283 g/mol. The van der Waals surface area contributed by atoms with E-state index in [1.54, 1.807) is 13.8 Å². The summed E-state index contributed by atoms with van der Waals surface area (Å²) in [6.45, 7) is 3.26. The Labute approximate surface area is 112 Å². The Morgan fingerprint density at radius 2 is 1.89 bits per heavy atom. The Balaban J connectivity index is 2.46. The number of hydrogen-bond acceptors (Lipinski definition) is 3. The van der Waals surface area contributed by atoms with E-state index in [0.29, 0.717) is 0 Å². The van der Waals surface area contributed by atoms with E-state index in [4.69, 9.17) is 0 Å². The molecule has 1 heterocycles. The van der Waals surface area contributed by atoms with Crippen molar-refractivity contribution in [3.63, 3.8) is 0 Å². The summed E-state index contributed by atoms with van der Waals surface area (Å²) >= 11 is 0. The summed E-state index contributed by atoms with van der Waals surface area (Å²) in [5.74, 6) is -1.10. The smallest absolute Gasteiger partial charge is 0.322 e. The van der Waals surface area contributed by atoms with Gasteiger partial charge >= 0.3 is 5.97 Å². The number of carboxylic acids is 1. The summed E-state index contributed by atoms with van der Waals surface area (Å²) < 4.78 is 25.7. The lowest BCUT2D eigenvalue weighted by atomic mass is 9.96. The van der Waals surface area contributed by atoms with Gasteiger partial charge in [-0.05, 0) is 25.0 Å². The predicted octanol–water partition coefficient (Wildman–Crippen LogP) is 1.24. The fraction of sp³-hybridized carbons (Fsp3) is 0.462. The second-order valence-corrected chi connectivity index (χ2v) is 7.41. The Kier molecular flexibility index (Phi) is 3.64. The van der Waals surface area contributed by atoms with E-state index in [1.807, 2.05) is 24.3 Å². The van der Waals surface area contributed by atoms with Gasteiger partial charge in [-0.25, -0.2) is 8.42 Å². The first-order valence-electron chi connectivity index (χ1n) is 6.14. The summed E-state index contributed by atoms with van der Waals surface area (Å²) in [7, 11) is -3.58. The first kappa shape index (κ1) is 14.0. The third kappa shape index (κ3) is 2.50. The number of rotatable bonds is 3. The zero-order chi connectivity index (χ0) is 14.2. The molecule has 0 aliphatic carbocycles. The van der Waals surface area contributed by atoms with E-state index in [-0.39, 0.29) is 13.0 Å². The van der Waals surface area contributed by atoms with E-state index in [0.717, 1.165) is 15.4 Å². The SMILES string of the molecule is CC(C)S(=O)(=O)N1Cc2ccccc2C[C@H]1C(=O)O. The molecule has 0 saturated heterocycles. The molecule has 1 N–H and O–H groups in total. The standard InChI is InChI=1S/C13H17NO4S/c1-9(2)19(17,18)14-8-11-6-4-3-5-10(11)7-12(14)13(15)16/h3-6,9,12H,7-8H2,1-2H3,(H,15,16)/t12-/m0/s1.